The fraction of sp³-hybridized carbons (Fsp3) is 0.222. The Kier molecular flexibility index (Phi) is 6.40. The second-order valence-corrected chi connectivity index (χ2v) is 2.46. The maximum atomic E-state index is 10.3. The average molecular weight is 245 g/mol. The molecule has 3 nitrogen and oxygen atoms in total. The first-order chi connectivity index (χ1) is 5.86. The lowest BCUT2D eigenvalue weighted by Crippen LogP contribution is -2.26. The van der Waals surface area contributed by atoms with Gasteiger partial charge in [0.1, 0.15) is 6.29 Å². The van der Waals surface area contributed by atoms with E-state index in [1.807, 2.05) is 19.2 Å². The number of aldehydes is 1. The predicted molar refractivity (Wildman–Crippen MR) is 58.1 cm³/mol. The molecule has 0 bridgehead atoms. The Balaban J connectivity index is 0.00000144. The Hall–Kier alpha value is -0.710. The van der Waals surface area contributed by atoms with Crippen LogP contribution in [0.2, 0.25) is 0 Å². The van der Waals surface area contributed by atoms with Crippen LogP contribution in [0.5, 0.6) is 0 Å². The second-order valence-electron chi connectivity index (χ2n) is 2.46. The largest absolute Gasteiger partial charge is 0.298 e. The molecule has 0 atom stereocenters. The second kappa shape index (κ2) is 6.77. The van der Waals surface area contributed by atoms with Crippen molar-refractivity contribution in [2.45, 2.75) is 6.54 Å². The summed E-state index contributed by atoms with van der Waals surface area (Å²) >= 11 is 0. The minimum atomic E-state index is 0. The first-order valence-electron chi connectivity index (χ1n) is 3.80. The SMILES string of the molecule is Br.CNNCc1ccc(C=O)cc1. The predicted octanol–water partition coefficient (Wildman–Crippen LogP) is 1.30. The third kappa shape index (κ3) is 4.17. The normalized spacial score (nSPS) is 9.00. The number of carbonyl (C=O) groups is 1. The van der Waals surface area contributed by atoms with E-state index in [0.29, 0.717) is 5.56 Å². The van der Waals surface area contributed by atoms with Crippen LogP contribution in [0, 0.1) is 0 Å². The monoisotopic (exact) mass is 244 g/mol. The van der Waals surface area contributed by atoms with Gasteiger partial charge in [-0.25, -0.2) is 0 Å². The third-order valence-electron chi connectivity index (χ3n) is 1.59. The van der Waals surface area contributed by atoms with E-state index >= 15 is 0 Å². The lowest BCUT2D eigenvalue weighted by atomic mass is 10.1. The van der Waals surface area contributed by atoms with Crippen molar-refractivity contribution in [2.75, 3.05) is 7.05 Å². The summed E-state index contributed by atoms with van der Waals surface area (Å²) < 4.78 is 0. The molecular formula is C9H13BrN2O. The van der Waals surface area contributed by atoms with Crippen LogP contribution in [-0.4, -0.2) is 13.3 Å². The zero-order chi connectivity index (χ0) is 8.81. The topological polar surface area (TPSA) is 41.1 Å². The van der Waals surface area contributed by atoms with E-state index in [-0.39, 0.29) is 17.0 Å². The Morgan fingerprint density at radius 3 is 2.38 bits per heavy atom. The summed E-state index contributed by atoms with van der Waals surface area (Å²) in [5.41, 5.74) is 7.65. The molecule has 4 heteroatoms. The third-order valence-corrected chi connectivity index (χ3v) is 1.59. The molecular weight excluding hydrogens is 232 g/mol. The van der Waals surface area contributed by atoms with E-state index in [2.05, 4.69) is 10.9 Å². The number of benzene rings is 1. The molecule has 0 aliphatic carbocycles. The molecule has 0 radical (unpaired) electrons. The summed E-state index contributed by atoms with van der Waals surface area (Å²) in [6, 6.07) is 7.46. The van der Waals surface area contributed by atoms with Gasteiger partial charge in [-0.05, 0) is 12.6 Å². The lowest BCUT2D eigenvalue weighted by Gasteiger charge is -2.01. The molecule has 0 aliphatic rings. The van der Waals surface area contributed by atoms with Crippen LogP contribution < -0.4 is 10.9 Å². The van der Waals surface area contributed by atoms with Gasteiger partial charge in [-0.15, -0.1) is 17.0 Å². The van der Waals surface area contributed by atoms with Crippen molar-refractivity contribution in [3.05, 3.63) is 35.4 Å². The fourth-order valence-corrected chi connectivity index (χ4v) is 0.905. The standard InChI is InChI=1S/C9H12N2O.BrH/c1-10-11-6-8-2-4-9(7-12)5-3-8;/h2-5,7,10-11H,6H2,1H3;1H. The molecule has 72 valence electrons. The smallest absolute Gasteiger partial charge is 0.150 e. The molecule has 0 aromatic heterocycles. The fourth-order valence-electron chi connectivity index (χ4n) is 0.905. The van der Waals surface area contributed by atoms with Crippen molar-refractivity contribution >= 4 is 23.3 Å². The van der Waals surface area contributed by atoms with E-state index in [1.54, 1.807) is 12.1 Å². The molecule has 0 spiro atoms. The Morgan fingerprint density at radius 2 is 1.92 bits per heavy atom. The summed E-state index contributed by atoms with van der Waals surface area (Å²) in [5, 5.41) is 0. The van der Waals surface area contributed by atoms with Crippen LogP contribution in [0.25, 0.3) is 0 Å². The number of carbonyl (C=O) groups excluding carboxylic acids is 1. The molecule has 0 amide bonds. The molecule has 2 N–H and O–H groups in total. The highest BCUT2D eigenvalue weighted by Gasteiger charge is 1.91. The van der Waals surface area contributed by atoms with Crippen LogP contribution in [0.15, 0.2) is 24.3 Å². The number of hydrazine groups is 1. The highest BCUT2D eigenvalue weighted by atomic mass is 79.9. The van der Waals surface area contributed by atoms with E-state index in [0.717, 1.165) is 18.4 Å². The van der Waals surface area contributed by atoms with Crippen LogP contribution in [-0.2, 0) is 6.54 Å². The number of hydrogen-bond donors (Lipinski definition) is 2. The Morgan fingerprint density at radius 1 is 1.31 bits per heavy atom. The van der Waals surface area contributed by atoms with E-state index in [1.165, 1.54) is 0 Å². The lowest BCUT2D eigenvalue weighted by molar-refractivity contribution is 0.112. The molecule has 1 aromatic rings. The highest BCUT2D eigenvalue weighted by Crippen LogP contribution is 2.01. The summed E-state index contributed by atoms with van der Waals surface area (Å²) in [5.74, 6) is 0. The minimum Gasteiger partial charge on any atom is -0.298 e. The molecule has 0 fully saturated rings. The van der Waals surface area contributed by atoms with Gasteiger partial charge in [0.05, 0.1) is 0 Å². The van der Waals surface area contributed by atoms with Crippen LogP contribution >= 0.6 is 17.0 Å². The van der Waals surface area contributed by atoms with Crippen molar-refractivity contribution in [1.29, 1.82) is 0 Å². The molecule has 0 aliphatic heterocycles. The van der Waals surface area contributed by atoms with Gasteiger partial charge in [-0.1, -0.05) is 24.3 Å². The zero-order valence-corrected chi connectivity index (χ0v) is 9.12. The summed E-state index contributed by atoms with van der Waals surface area (Å²) in [7, 11) is 1.82. The van der Waals surface area contributed by atoms with Crippen LogP contribution in [0.4, 0.5) is 0 Å². The summed E-state index contributed by atoms with van der Waals surface area (Å²) in [4.78, 5) is 10.3. The minimum absolute atomic E-state index is 0. The molecule has 1 rings (SSSR count). The molecule has 0 saturated carbocycles. The van der Waals surface area contributed by atoms with Crippen LogP contribution in [0.1, 0.15) is 15.9 Å². The Bertz CT molecular complexity index is 248. The highest BCUT2D eigenvalue weighted by molar-refractivity contribution is 8.93. The van der Waals surface area contributed by atoms with E-state index in [9.17, 15) is 4.79 Å². The van der Waals surface area contributed by atoms with Gasteiger partial charge >= 0.3 is 0 Å². The zero-order valence-electron chi connectivity index (χ0n) is 7.41. The number of nitrogens with one attached hydrogen (secondary N) is 2. The maximum Gasteiger partial charge on any atom is 0.150 e. The number of rotatable bonds is 4. The quantitative estimate of drug-likeness (QED) is 0.620. The number of halogens is 1. The van der Waals surface area contributed by atoms with E-state index < -0.39 is 0 Å². The first-order valence-corrected chi connectivity index (χ1v) is 3.80. The molecule has 0 heterocycles. The molecule has 0 unspecified atom stereocenters. The van der Waals surface area contributed by atoms with Crippen molar-refractivity contribution in [3.8, 4) is 0 Å². The number of hydrogen-bond acceptors (Lipinski definition) is 3. The van der Waals surface area contributed by atoms with E-state index in [4.69, 9.17) is 0 Å². The van der Waals surface area contributed by atoms with Gasteiger partial charge in [-0.3, -0.25) is 15.6 Å². The Labute approximate surface area is 88.3 Å². The van der Waals surface area contributed by atoms with Gasteiger partial charge in [0.2, 0.25) is 0 Å². The van der Waals surface area contributed by atoms with Gasteiger partial charge in [-0.2, -0.15) is 0 Å². The summed E-state index contributed by atoms with van der Waals surface area (Å²) in [6.45, 7) is 0.760. The van der Waals surface area contributed by atoms with Gasteiger partial charge < -0.3 is 0 Å². The van der Waals surface area contributed by atoms with Gasteiger partial charge in [0, 0.05) is 12.1 Å². The summed E-state index contributed by atoms with van der Waals surface area (Å²) in [6.07, 6.45) is 0.843. The van der Waals surface area contributed by atoms with Gasteiger partial charge in [0.25, 0.3) is 0 Å². The molecule has 1 aromatic carbocycles. The van der Waals surface area contributed by atoms with Crippen molar-refractivity contribution in [1.82, 2.24) is 10.9 Å². The molecule has 0 saturated heterocycles. The van der Waals surface area contributed by atoms with Gasteiger partial charge in [0.15, 0.2) is 0 Å². The average Bonchev–Trinajstić information content (AvgIpc) is 2.15. The van der Waals surface area contributed by atoms with Crippen LogP contribution in [0.3, 0.4) is 0 Å². The van der Waals surface area contributed by atoms with Crippen molar-refractivity contribution in [2.24, 2.45) is 0 Å². The van der Waals surface area contributed by atoms with Crippen molar-refractivity contribution in [3.63, 3.8) is 0 Å². The maximum absolute atomic E-state index is 10.3. The van der Waals surface area contributed by atoms with Crippen molar-refractivity contribution < 1.29 is 4.79 Å². The molecule has 13 heavy (non-hydrogen) atoms. The first kappa shape index (κ1) is 12.3.